The molecule has 0 fully saturated rings. The van der Waals surface area contributed by atoms with E-state index in [1.807, 2.05) is 45.0 Å². The van der Waals surface area contributed by atoms with Crippen molar-refractivity contribution in [2.24, 2.45) is 0 Å². The van der Waals surface area contributed by atoms with Crippen molar-refractivity contribution in [1.29, 1.82) is 0 Å². The Bertz CT molecular complexity index is 329. The highest BCUT2D eigenvalue weighted by atomic mass is 16.1. The highest BCUT2D eigenvalue weighted by Gasteiger charge is 1.90. The second-order valence-corrected chi connectivity index (χ2v) is 2.86. The van der Waals surface area contributed by atoms with Crippen LogP contribution in [0.5, 0.6) is 0 Å². The van der Waals surface area contributed by atoms with E-state index in [0.717, 1.165) is 5.56 Å². The van der Waals surface area contributed by atoms with Gasteiger partial charge in [0.15, 0.2) is 0 Å². The molecule has 0 bridgehead atoms. The van der Waals surface area contributed by atoms with Gasteiger partial charge < -0.3 is 5.32 Å². The van der Waals surface area contributed by atoms with Crippen molar-refractivity contribution in [3.8, 4) is 0 Å². The van der Waals surface area contributed by atoms with E-state index in [9.17, 15) is 4.79 Å². The monoisotopic (exact) mass is 205 g/mol. The molecular formula is C13H19NO. The average Bonchev–Trinajstić information content (AvgIpc) is 2.29. The van der Waals surface area contributed by atoms with Gasteiger partial charge in [0.1, 0.15) is 0 Å². The van der Waals surface area contributed by atoms with Crippen molar-refractivity contribution in [2.45, 2.75) is 20.8 Å². The molecule has 2 nitrogen and oxygen atoms in total. The molecule has 1 aromatic carbocycles. The number of hydrogen-bond donors (Lipinski definition) is 1. The van der Waals surface area contributed by atoms with E-state index < -0.39 is 0 Å². The largest absolute Gasteiger partial charge is 0.356 e. The van der Waals surface area contributed by atoms with Crippen LogP contribution >= 0.6 is 0 Å². The second kappa shape index (κ2) is 7.80. The van der Waals surface area contributed by atoms with Gasteiger partial charge >= 0.3 is 0 Å². The summed E-state index contributed by atoms with van der Waals surface area (Å²) in [5.41, 5.74) is 2.24. The first kappa shape index (κ1) is 13.4. The average molecular weight is 205 g/mol. The van der Waals surface area contributed by atoms with E-state index in [-0.39, 0.29) is 5.91 Å². The van der Waals surface area contributed by atoms with Crippen LogP contribution in [-0.4, -0.2) is 13.0 Å². The van der Waals surface area contributed by atoms with Gasteiger partial charge in [-0.05, 0) is 18.6 Å². The van der Waals surface area contributed by atoms with Crippen molar-refractivity contribution >= 4 is 12.0 Å². The van der Waals surface area contributed by atoms with Gasteiger partial charge in [-0.2, -0.15) is 0 Å². The number of aryl methyl sites for hydroxylation is 1. The Kier molecular flexibility index (Phi) is 6.98. The molecule has 0 aliphatic heterocycles. The van der Waals surface area contributed by atoms with Crippen molar-refractivity contribution in [2.75, 3.05) is 7.05 Å². The molecule has 0 unspecified atom stereocenters. The van der Waals surface area contributed by atoms with Crippen LogP contribution in [0.3, 0.4) is 0 Å². The number of carbonyl (C=O) groups is 1. The standard InChI is InChI=1S/C11H13NO.C2H6/c1-9-4-3-5-10(8-9)6-7-11(13)12-2;1-2/h3-8H,1-2H3,(H,12,13);1-2H3/b7-6+;. The zero-order valence-electron chi connectivity index (χ0n) is 9.87. The molecule has 1 rings (SSSR count). The second-order valence-electron chi connectivity index (χ2n) is 2.86. The van der Waals surface area contributed by atoms with E-state index in [2.05, 4.69) is 5.32 Å². The van der Waals surface area contributed by atoms with Gasteiger partial charge in [-0.1, -0.05) is 43.7 Å². The van der Waals surface area contributed by atoms with E-state index >= 15 is 0 Å². The first-order chi connectivity index (χ1) is 7.22. The van der Waals surface area contributed by atoms with Crippen LogP contribution in [0.1, 0.15) is 25.0 Å². The molecule has 1 aromatic rings. The third-order valence-electron chi connectivity index (χ3n) is 1.72. The molecular weight excluding hydrogens is 186 g/mol. The topological polar surface area (TPSA) is 29.1 Å². The fourth-order valence-electron chi connectivity index (χ4n) is 1.03. The Morgan fingerprint density at radius 2 is 2.00 bits per heavy atom. The first-order valence-corrected chi connectivity index (χ1v) is 5.19. The third-order valence-corrected chi connectivity index (χ3v) is 1.72. The molecule has 15 heavy (non-hydrogen) atoms. The number of amides is 1. The van der Waals surface area contributed by atoms with Gasteiger partial charge in [0.05, 0.1) is 0 Å². The Hall–Kier alpha value is -1.57. The summed E-state index contributed by atoms with van der Waals surface area (Å²) in [7, 11) is 1.61. The summed E-state index contributed by atoms with van der Waals surface area (Å²) in [5, 5.41) is 2.52. The Morgan fingerprint density at radius 1 is 1.33 bits per heavy atom. The van der Waals surface area contributed by atoms with E-state index in [1.165, 1.54) is 11.6 Å². The number of carbonyl (C=O) groups excluding carboxylic acids is 1. The Balaban J connectivity index is 0.000000921. The van der Waals surface area contributed by atoms with Crippen LogP contribution < -0.4 is 5.32 Å². The number of hydrogen-bond acceptors (Lipinski definition) is 1. The Morgan fingerprint density at radius 3 is 2.53 bits per heavy atom. The minimum atomic E-state index is -0.0819. The molecule has 0 radical (unpaired) electrons. The molecule has 0 aliphatic rings. The number of nitrogens with one attached hydrogen (secondary N) is 1. The predicted molar refractivity (Wildman–Crippen MR) is 65.6 cm³/mol. The maximum Gasteiger partial charge on any atom is 0.243 e. The molecule has 0 saturated heterocycles. The zero-order chi connectivity index (χ0) is 11.7. The van der Waals surface area contributed by atoms with Gasteiger partial charge in [-0.3, -0.25) is 4.79 Å². The fourth-order valence-corrected chi connectivity index (χ4v) is 1.03. The lowest BCUT2D eigenvalue weighted by atomic mass is 10.1. The summed E-state index contributed by atoms with van der Waals surface area (Å²) in [5.74, 6) is -0.0819. The summed E-state index contributed by atoms with van der Waals surface area (Å²) < 4.78 is 0. The van der Waals surface area contributed by atoms with Crippen molar-refractivity contribution in [3.05, 3.63) is 41.5 Å². The van der Waals surface area contributed by atoms with E-state index in [0.29, 0.717) is 0 Å². The molecule has 1 N–H and O–H groups in total. The maximum atomic E-state index is 10.9. The van der Waals surface area contributed by atoms with Crippen molar-refractivity contribution in [1.82, 2.24) is 5.32 Å². The molecule has 0 aliphatic carbocycles. The number of benzene rings is 1. The molecule has 0 heterocycles. The predicted octanol–water partition coefficient (Wildman–Crippen LogP) is 2.78. The summed E-state index contributed by atoms with van der Waals surface area (Å²) in [4.78, 5) is 10.9. The van der Waals surface area contributed by atoms with Crippen molar-refractivity contribution in [3.63, 3.8) is 0 Å². The minimum Gasteiger partial charge on any atom is -0.356 e. The first-order valence-electron chi connectivity index (χ1n) is 5.19. The number of likely N-dealkylation sites (N-methyl/N-ethyl adjacent to an activating group) is 1. The molecule has 0 spiro atoms. The zero-order valence-corrected chi connectivity index (χ0v) is 9.87. The third kappa shape index (κ3) is 5.68. The Labute approximate surface area is 92.0 Å². The summed E-state index contributed by atoms with van der Waals surface area (Å²) in [6, 6.07) is 7.99. The van der Waals surface area contributed by atoms with Crippen LogP contribution in [-0.2, 0) is 4.79 Å². The summed E-state index contributed by atoms with van der Waals surface area (Å²) in [6.45, 7) is 6.03. The molecule has 0 saturated carbocycles. The fraction of sp³-hybridized carbons (Fsp3) is 0.308. The molecule has 2 heteroatoms. The van der Waals surface area contributed by atoms with Gasteiger partial charge in [0, 0.05) is 13.1 Å². The molecule has 0 aromatic heterocycles. The summed E-state index contributed by atoms with van der Waals surface area (Å²) >= 11 is 0. The van der Waals surface area contributed by atoms with Crippen LogP contribution in [0, 0.1) is 6.92 Å². The van der Waals surface area contributed by atoms with E-state index in [4.69, 9.17) is 0 Å². The van der Waals surface area contributed by atoms with Crippen molar-refractivity contribution < 1.29 is 4.79 Å². The van der Waals surface area contributed by atoms with Gasteiger partial charge in [-0.15, -0.1) is 0 Å². The molecule has 1 amide bonds. The van der Waals surface area contributed by atoms with Gasteiger partial charge in [0.2, 0.25) is 5.91 Å². The normalized spacial score (nSPS) is 9.33. The maximum absolute atomic E-state index is 10.9. The quantitative estimate of drug-likeness (QED) is 0.739. The lowest BCUT2D eigenvalue weighted by Gasteiger charge is -1.95. The van der Waals surface area contributed by atoms with Gasteiger partial charge in [-0.25, -0.2) is 0 Å². The smallest absolute Gasteiger partial charge is 0.243 e. The van der Waals surface area contributed by atoms with Crippen LogP contribution in [0.25, 0.3) is 6.08 Å². The SMILES string of the molecule is CC.CNC(=O)/C=C/c1cccc(C)c1. The van der Waals surface area contributed by atoms with Crippen LogP contribution in [0.4, 0.5) is 0 Å². The lowest BCUT2D eigenvalue weighted by molar-refractivity contribution is -0.115. The van der Waals surface area contributed by atoms with Crippen LogP contribution in [0.15, 0.2) is 30.3 Å². The summed E-state index contributed by atoms with van der Waals surface area (Å²) in [6.07, 6.45) is 3.32. The molecule has 82 valence electrons. The van der Waals surface area contributed by atoms with Crippen LogP contribution in [0.2, 0.25) is 0 Å². The van der Waals surface area contributed by atoms with Gasteiger partial charge in [0.25, 0.3) is 0 Å². The number of rotatable bonds is 2. The minimum absolute atomic E-state index is 0.0819. The highest BCUT2D eigenvalue weighted by molar-refractivity contribution is 5.91. The molecule has 0 atom stereocenters. The highest BCUT2D eigenvalue weighted by Crippen LogP contribution is 2.05. The lowest BCUT2D eigenvalue weighted by Crippen LogP contribution is -2.13. The van der Waals surface area contributed by atoms with E-state index in [1.54, 1.807) is 13.1 Å².